The Balaban J connectivity index is 4.19. The monoisotopic (exact) mass is 1240 g/mol. The fraction of sp³-hybridized carbons (Fsp3) is 0.641. The van der Waals surface area contributed by atoms with Gasteiger partial charge in [-0.05, 0) is 128 Å². The van der Waals surface area contributed by atoms with Crippen molar-refractivity contribution < 1.29 is 42.1 Å². The van der Waals surface area contributed by atoms with Crippen LogP contribution in [-0.2, 0) is 32.7 Å². The van der Waals surface area contributed by atoms with E-state index in [-0.39, 0.29) is 32.0 Å². The van der Waals surface area contributed by atoms with Gasteiger partial charge in [0.15, 0.2) is 6.10 Å². The van der Waals surface area contributed by atoms with Gasteiger partial charge in [0.2, 0.25) is 0 Å². The molecular formula is C78H131NO8P+. The van der Waals surface area contributed by atoms with Crippen LogP contribution in [-0.4, -0.2) is 74.9 Å². The highest BCUT2D eigenvalue weighted by Crippen LogP contribution is 2.43. The minimum atomic E-state index is -4.42. The number of hydrogen-bond donors (Lipinski definition) is 1. The Morgan fingerprint density at radius 2 is 0.648 bits per heavy atom. The van der Waals surface area contributed by atoms with Gasteiger partial charge in [0, 0.05) is 12.8 Å². The van der Waals surface area contributed by atoms with Crippen LogP contribution in [0.3, 0.4) is 0 Å². The zero-order valence-electron chi connectivity index (χ0n) is 56.9. The zero-order chi connectivity index (χ0) is 64.1. The van der Waals surface area contributed by atoms with E-state index in [0.29, 0.717) is 17.4 Å². The first-order valence-corrected chi connectivity index (χ1v) is 36.7. The van der Waals surface area contributed by atoms with Gasteiger partial charge in [-0.25, -0.2) is 4.57 Å². The third-order valence-electron chi connectivity index (χ3n) is 14.5. The summed E-state index contributed by atoms with van der Waals surface area (Å²) in [7, 11) is 1.43. The summed E-state index contributed by atoms with van der Waals surface area (Å²) in [5, 5.41) is 0. The third kappa shape index (κ3) is 70.7. The van der Waals surface area contributed by atoms with Gasteiger partial charge in [-0.1, -0.05) is 287 Å². The van der Waals surface area contributed by atoms with Gasteiger partial charge < -0.3 is 18.9 Å². The molecule has 0 heterocycles. The van der Waals surface area contributed by atoms with Crippen LogP contribution in [0.15, 0.2) is 158 Å². The number of rotatable bonds is 63. The van der Waals surface area contributed by atoms with Crippen LogP contribution >= 0.6 is 7.82 Å². The van der Waals surface area contributed by atoms with Crippen molar-refractivity contribution in [2.75, 3.05) is 47.5 Å². The highest BCUT2D eigenvalue weighted by molar-refractivity contribution is 7.47. The summed E-state index contributed by atoms with van der Waals surface area (Å²) >= 11 is 0. The summed E-state index contributed by atoms with van der Waals surface area (Å²) in [5.41, 5.74) is 0. The molecule has 0 aliphatic rings. The van der Waals surface area contributed by atoms with E-state index in [2.05, 4.69) is 172 Å². The molecule has 0 fully saturated rings. The lowest BCUT2D eigenvalue weighted by Crippen LogP contribution is -2.37. The van der Waals surface area contributed by atoms with Gasteiger partial charge in [0.1, 0.15) is 19.8 Å². The molecular weight excluding hydrogens is 1110 g/mol. The summed E-state index contributed by atoms with van der Waals surface area (Å²) in [4.78, 5) is 35.9. The molecule has 10 heteroatoms. The summed E-state index contributed by atoms with van der Waals surface area (Å²) in [6.07, 6.45) is 101. The van der Waals surface area contributed by atoms with Crippen LogP contribution in [0.4, 0.5) is 0 Å². The second-order valence-corrected chi connectivity index (χ2v) is 25.6. The fourth-order valence-corrected chi connectivity index (χ4v) is 9.91. The largest absolute Gasteiger partial charge is 0.472 e. The molecule has 1 N–H and O–H groups in total. The normalized spacial score (nSPS) is 14.1. The molecule has 0 saturated heterocycles. The van der Waals surface area contributed by atoms with E-state index in [4.69, 9.17) is 18.5 Å². The summed E-state index contributed by atoms with van der Waals surface area (Å²) in [5.74, 6) is -0.854. The number of carbonyl (C=O) groups is 2. The molecule has 2 atom stereocenters. The Hall–Kier alpha value is -4.37. The quantitative estimate of drug-likeness (QED) is 0.0211. The molecule has 0 saturated carbocycles. The van der Waals surface area contributed by atoms with E-state index < -0.39 is 26.5 Å². The van der Waals surface area contributed by atoms with E-state index in [0.717, 1.165) is 109 Å². The molecule has 0 aromatic carbocycles. The van der Waals surface area contributed by atoms with Gasteiger partial charge in [-0.15, -0.1) is 0 Å². The Morgan fingerprint density at radius 3 is 0.989 bits per heavy atom. The zero-order valence-corrected chi connectivity index (χ0v) is 57.8. The molecule has 2 unspecified atom stereocenters. The number of carbonyl (C=O) groups excluding carboxylic acids is 2. The van der Waals surface area contributed by atoms with Crippen LogP contribution in [0.1, 0.15) is 271 Å². The number of phosphoric acid groups is 1. The molecule has 0 rings (SSSR count). The number of allylic oxidation sites excluding steroid dienone is 26. The number of hydrogen-bond acceptors (Lipinski definition) is 7. The summed E-state index contributed by atoms with van der Waals surface area (Å²) in [6, 6.07) is 0. The molecule has 0 radical (unpaired) electrons. The van der Waals surface area contributed by atoms with Crippen molar-refractivity contribution >= 4 is 19.8 Å². The van der Waals surface area contributed by atoms with Gasteiger partial charge in [-0.3, -0.25) is 18.6 Å². The maximum Gasteiger partial charge on any atom is 0.472 e. The van der Waals surface area contributed by atoms with Crippen molar-refractivity contribution in [3.05, 3.63) is 158 Å². The first-order valence-electron chi connectivity index (χ1n) is 35.2. The van der Waals surface area contributed by atoms with E-state index in [1.54, 1.807) is 0 Å². The van der Waals surface area contributed by atoms with E-state index in [1.807, 2.05) is 21.1 Å². The highest BCUT2D eigenvalue weighted by Gasteiger charge is 2.27. The smallest absolute Gasteiger partial charge is 0.462 e. The van der Waals surface area contributed by atoms with E-state index in [1.165, 1.54) is 128 Å². The minimum Gasteiger partial charge on any atom is -0.462 e. The molecule has 0 bridgehead atoms. The minimum absolute atomic E-state index is 0.0150. The molecule has 0 amide bonds. The lowest BCUT2D eigenvalue weighted by atomic mass is 10.0. The van der Waals surface area contributed by atoms with E-state index >= 15 is 0 Å². The number of phosphoric ester groups is 1. The van der Waals surface area contributed by atoms with Crippen LogP contribution in [0.2, 0.25) is 0 Å². The number of unbranched alkanes of at least 4 members (excludes halogenated alkanes) is 23. The van der Waals surface area contributed by atoms with Crippen molar-refractivity contribution in [1.82, 2.24) is 0 Å². The number of nitrogens with zero attached hydrogens (tertiary/aromatic N) is 1. The Morgan fingerprint density at radius 1 is 0.364 bits per heavy atom. The Bertz CT molecular complexity index is 2040. The predicted molar refractivity (Wildman–Crippen MR) is 380 cm³/mol. The standard InChI is InChI=1S/C78H130NO8P/c1-6-8-10-12-14-16-18-20-22-24-26-28-30-32-34-36-38-39-41-43-45-47-49-51-53-55-57-59-61-63-65-67-69-71-78(81)87-76(75-86-88(82,83)85-73-72-79(3,4)5)74-84-77(80)70-68-66-64-62-60-58-56-54-52-50-48-46-44-42-40-37-35-33-31-29-27-25-23-21-19-17-15-13-11-9-7-2/h8,10,14,16,19-22,25-28,31-34,38-39,43,45,49,51,55,57,61,63,76H,6-7,9,11-13,15,17-18,23-24,29-30,35-37,40-42,44,46-48,50,52-54,56,58-60,62,64-75H2,1-5H3/p+1/b10-8-,16-14-,21-19-,22-20-,27-25-,28-26-,33-31-,34-32-,39-38-,45-43-,51-49-,57-55-,63-61-. The number of ether oxygens (including phenoxy) is 2. The molecule has 0 aliphatic heterocycles. The van der Waals surface area contributed by atoms with Crippen molar-refractivity contribution in [2.45, 2.75) is 277 Å². The molecule has 9 nitrogen and oxygen atoms in total. The van der Waals surface area contributed by atoms with Crippen molar-refractivity contribution in [2.24, 2.45) is 0 Å². The lowest BCUT2D eigenvalue weighted by Gasteiger charge is -2.24. The van der Waals surface area contributed by atoms with Gasteiger partial charge in [0.25, 0.3) is 0 Å². The van der Waals surface area contributed by atoms with Crippen molar-refractivity contribution in [3.8, 4) is 0 Å². The average molecular weight is 1240 g/mol. The molecule has 0 aliphatic carbocycles. The first-order chi connectivity index (χ1) is 43.0. The molecule has 88 heavy (non-hydrogen) atoms. The van der Waals surface area contributed by atoms with Gasteiger partial charge in [0.05, 0.1) is 27.7 Å². The molecule has 0 spiro atoms. The fourth-order valence-electron chi connectivity index (χ4n) is 9.17. The maximum atomic E-state index is 12.9. The average Bonchev–Trinajstić information content (AvgIpc) is 3.56. The maximum absolute atomic E-state index is 12.9. The topological polar surface area (TPSA) is 108 Å². The van der Waals surface area contributed by atoms with Crippen LogP contribution in [0.5, 0.6) is 0 Å². The van der Waals surface area contributed by atoms with Crippen molar-refractivity contribution in [1.29, 1.82) is 0 Å². The second kappa shape index (κ2) is 67.0. The van der Waals surface area contributed by atoms with Crippen LogP contribution < -0.4 is 0 Å². The molecule has 500 valence electrons. The van der Waals surface area contributed by atoms with Gasteiger partial charge >= 0.3 is 19.8 Å². The van der Waals surface area contributed by atoms with Crippen LogP contribution in [0, 0.1) is 0 Å². The van der Waals surface area contributed by atoms with Gasteiger partial charge in [-0.2, -0.15) is 0 Å². The Labute approximate surface area is 541 Å². The van der Waals surface area contributed by atoms with E-state index in [9.17, 15) is 19.0 Å². The number of quaternary nitrogens is 1. The highest BCUT2D eigenvalue weighted by atomic mass is 31.2. The number of esters is 2. The first kappa shape index (κ1) is 83.6. The number of likely N-dealkylation sites (N-methyl/N-ethyl adjacent to an activating group) is 1. The van der Waals surface area contributed by atoms with Crippen molar-refractivity contribution in [3.63, 3.8) is 0 Å². The molecule has 0 aromatic rings. The molecule has 0 aromatic heterocycles. The van der Waals surface area contributed by atoms with Crippen LogP contribution in [0.25, 0.3) is 0 Å². The Kier molecular flexibility index (Phi) is 63.7. The summed E-state index contributed by atoms with van der Waals surface area (Å²) < 4.78 is 34.6. The predicted octanol–water partition coefficient (Wildman–Crippen LogP) is 23.2. The second-order valence-electron chi connectivity index (χ2n) is 24.2. The SMILES string of the molecule is CC/C=C\C/C=C\C/C=C\C/C=C\C/C=C\C/C=C\C/C=C\C/C=C\C/C=C\C/C=C\CCCCC(=O)OC(COC(=O)CCCCCCCCCCCCCCCCCC/C=C\C/C=C\C/C=C\CCCCCCC)COP(=O)(O)OCC[N+](C)(C)C. The summed E-state index contributed by atoms with van der Waals surface area (Å²) in [6.45, 7) is 4.25. The lowest BCUT2D eigenvalue weighted by molar-refractivity contribution is -0.870. The third-order valence-corrected chi connectivity index (χ3v) is 15.5.